The van der Waals surface area contributed by atoms with Gasteiger partial charge in [0.25, 0.3) is 0 Å². The van der Waals surface area contributed by atoms with Crippen LogP contribution in [0.3, 0.4) is 0 Å². The molecule has 1 fully saturated rings. The van der Waals surface area contributed by atoms with Crippen molar-refractivity contribution in [1.82, 2.24) is 10.2 Å². The Morgan fingerprint density at radius 3 is 2.44 bits per heavy atom. The largest absolute Gasteiger partial charge is 0.480 e. The lowest BCUT2D eigenvalue weighted by Gasteiger charge is -2.27. The first-order valence-corrected chi connectivity index (χ1v) is 6.54. The summed E-state index contributed by atoms with van der Waals surface area (Å²) in [5.41, 5.74) is 0.186. The van der Waals surface area contributed by atoms with E-state index in [0.717, 1.165) is 6.42 Å². The van der Waals surface area contributed by atoms with Gasteiger partial charge in [0, 0.05) is 13.1 Å². The number of carbonyl (C=O) groups is 2. The Kier molecular flexibility index (Phi) is 4.59. The Balaban J connectivity index is 2.52. The third kappa shape index (κ3) is 3.62. The van der Waals surface area contributed by atoms with Crippen LogP contribution in [-0.4, -0.2) is 41.1 Å². The quantitative estimate of drug-likeness (QED) is 0.810. The van der Waals surface area contributed by atoms with E-state index in [2.05, 4.69) is 26.1 Å². The minimum atomic E-state index is -0.975. The van der Waals surface area contributed by atoms with Gasteiger partial charge in [-0.25, -0.2) is 9.59 Å². The first-order valence-electron chi connectivity index (χ1n) is 6.54. The third-order valence-corrected chi connectivity index (χ3v) is 3.70. The number of nitrogens with one attached hydrogen (secondary N) is 1. The predicted octanol–water partition coefficient (Wildman–Crippen LogP) is 1.93. The molecule has 5 nitrogen and oxygen atoms in total. The Labute approximate surface area is 109 Å². The van der Waals surface area contributed by atoms with Crippen LogP contribution in [0.1, 0.15) is 40.5 Å². The average molecular weight is 256 g/mol. The van der Waals surface area contributed by atoms with Crippen molar-refractivity contribution < 1.29 is 14.7 Å². The van der Waals surface area contributed by atoms with Crippen LogP contribution in [-0.2, 0) is 4.79 Å². The molecule has 0 aromatic heterocycles. The summed E-state index contributed by atoms with van der Waals surface area (Å²) in [7, 11) is 0. The number of amides is 2. The highest BCUT2D eigenvalue weighted by molar-refractivity contribution is 5.82. The third-order valence-electron chi connectivity index (χ3n) is 3.70. The monoisotopic (exact) mass is 256 g/mol. The van der Waals surface area contributed by atoms with E-state index in [1.54, 1.807) is 11.8 Å². The van der Waals surface area contributed by atoms with Crippen molar-refractivity contribution in [3.8, 4) is 0 Å². The van der Waals surface area contributed by atoms with Gasteiger partial charge in [0.1, 0.15) is 6.04 Å². The van der Waals surface area contributed by atoms with Gasteiger partial charge < -0.3 is 15.3 Å². The lowest BCUT2D eigenvalue weighted by molar-refractivity contribution is -0.139. The molecule has 18 heavy (non-hydrogen) atoms. The first-order chi connectivity index (χ1) is 8.25. The maximum absolute atomic E-state index is 11.9. The standard InChI is InChI=1S/C13H24N2O3/c1-5-10(11(16)17)14-12(18)15-7-6-9(8-15)13(2,3)4/h9-10H,5-8H2,1-4H3,(H,14,18)(H,16,17)/t9?,10-/m0/s1. The second-order valence-electron chi connectivity index (χ2n) is 6.05. The number of carboxylic acids is 1. The zero-order chi connectivity index (χ0) is 13.9. The maximum Gasteiger partial charge on any atom is 0.326 e. The van der Waals surface area contributed by atoms with E-state index in [1.807, 2.05) is 0 Å². The van der Waals surface area contributed by atoms with Gasteiger partial charge in [0.05, 0.1) is 0 Å². The number of hydrogen-bond donors (Lipinski definition) is 2. The summed E-state index contributed by atoms with van der Waals surface area (Å²) < 4.78 is 0. The van der Waals surface area contributed by atoms with Crippen molar-refractivity contribution in [3.63, 3.8) is 0 Å². The number of carbonyl (C=O) groups excluding carboxylic acids is 1. The Hall–Kier alpha value is -1.26. The van der Waals surface area contributed by atoms with Crippen LogP contribution in [0.2, 0.25) is 0 Å². The van der Waals surface area contributed by atoms with Crippen LogP contribution in [0.5, 0.6) is 0 Å². The molecule has 0 saturated carbocycles. The van der Waals surface area contributed by atoms with Gasteiger partial charge in [-0.15, -0.1) is 0 Å². The van der Waals surface area contributed by atoms with Gasteiger partial charge >= 0.3 is 12.0 Å². The highest BCUT2D eigenvalue weighted by Crippen LogP contribution is 2.33. The van der Waals surface area contributed by atoms with E-state index < -0.39 is 12.0 Å². The molecule has 2 N–H and O–H groups in total. The molecule has 0 bridgehead atoms. The topological polar surface area (TPSA) is 69.6 Å². The van der Waals surface area contributed by atoms with Gasteiger partial charge in [-0.2, -0.15) is 0 Å². The van der Waals surface area contributed by atoms with Crippen LogP contribution >= 0.6 is 0 Å². The van der Waals surface area contributed by atoms with Crippen LogP contribution < -0.4 is 5.32 Å². The highest BCUT2D eigenvalue weighted by atomic mass is 16.4. The summed E-state index contributed by atoms with van der Waals surface area (Å²) >= 11 is 0. The van der Waals surface area contributed by atoms with Gasteiger partial charge in [-0.3, -0.25) is 0 Å². The Morgan fingerprint density at radius 2 is 2.06 bits per heavy atom. The fourth-order valence-corrected chi connectivity index (χ4v) is 2.23. The number of hydrogen-bond acceptors (Lipinski definition) is 2. The summed E-state index contributed by atoms with van der Waals surface area (Å²) in [6.07, 6.45) is 1.39. The van der Waals surface area contributed by atoms with Crippen LogP contribution in [0.25, 0.3) is 0 Å². The second-order valence-corrected chi connectivity index (χ2v) is 6.05. The fourth-order valence-electron chi connectivity index (χ4n) is 2.23. The summed E-state index contributed by atoms with van der Waals surface area (Å²) in [6, 6.07) is -1.04. The van der Waals surface area contributed by atoms with Crippen LogP contribution in [0.15, 0.2) is 0 Å². The summed E-state index contributed by atoms with van der Waals surface area (Å²) in [6.45, 7) is 9.69. The highest BCUT2D eigenvalue weighted by Gasteiger charge is 2.34. The van der Waals surface area contributed by atoms with E-state index >= 15 is 0 Å². The number of aliphatic carboxylic acids is 1. The lowest BCUT2D eigenvalue weighted by Crippen LogP contribution is -2.47. The van der Waals surface area contributed by atoms with E-state index in [4.69, 9.17) is 5.11 Å². The molecule has 2 amide bonds. The minimum Gasteiger partial charge on any atom is -0.480 e. The van der Waals surface area contributed by atoms with E-state index in [9.17, 15) is 9.59 Å². The van der Waals surface area contributed by atoms with Gasteiger partial charge in [0.2, 0.25) is 0 Å². The summed E-state index contributed by atoms with van der Waals surface area (Å²) in [4.78, 5) is 24.5. The van der Waals surface area contributed by atoms with E-state index in [1.165, 1.54) is 0 Å². The van der Waals surface area contributed by atoms with Crippen molar-refractivity contribution in [2.75, 3.05) is 13.1 Å². The van der Waals surface area contributed by atoms with E-state index in [-0.39, 0.29) is 11.4 Å². The molecule has 0 aromatic rings. The minimum absolute atomic E-state index is 0.186. The van der Waals surface area contributed by atoms with Crippen molar-refractivity contribution in [1.29, 1.82) is 0 Å². The van der Waals surface area contributed by atoms with Gasteiger partial charge in [-0.1, -0.05) is 27.7 Å². The molecule has 1 unspecified atom stereocenters. The Morgan fingerprint density at radius 1 is 1.44 bits per heavy atom. The number of carboxylic acid groups (broad SMARTS) is 1. The first kappa shape index (κ1) is 14.8. The van der Waals surface area contributed by atoms with Crippen molar-refractivity contribution in [2.24, 2.45) is 11.3 Å². The molecule has 2 atom stereocenters. The fraction of sp³-hybridized carbons (Fsp3) is 0.846. The molecule has 1 rings (SSSR count). The second kappa shape index (κ2) is 5.59. The van der Waals surface area contributed by atoms with Crippen molar-refractivity contribution in [2.45, 2.75) is 46.6 Å². The molecule has 0 aliphatic carbocycles. The van der Waals surface area contributed by atoms with Crippen LogP contribution in [0, 0.1) is 11.3 Å². The number of urea groups is 1. The molecule has 0 spiro atoms. The number of nitrogens with zero attached hydrogens (tertiary/aromatic N) is 1. The number of rotatable bonds is 3. The molecule has 1 saturated heterocycles. The summed E-state index contributed by atoms with van der Waals surface area (Å²) in [5.74, 6) is -0.495. The summed E-state index contributed by atoms with van der Waals surface area (Å²) in [5, 5.41) is 11.5. The molecule has 1 aliphatic rings. The van der Waals surface area contributed by atoms with Crippen molar-refractivity contribution in [3.05, 3.63) is 0 Å². The zero-order valence-electron chi connectivity index (χ0n) is 11.7. The molecule has 104 valence electrons. The molecule has 5 heteroatoms. The molecule has 1 heterocycles. The maximum atomic E-state index is 11.9. The van der Waals surface area contributed by atoms with E-state index in [0.29, 0.717) is 25.4 Å². The SMILES string of the molecule is CC[C@H](NC(=O)N1CCC(C(C)(C)C)C1)C(=O)O. The molecule has 0 aromatic carbocycles. The van der Waals surface area contributed by atoms with Gasteiger partial charge in [0.15, 0.2) is 0 Å². The lowest BCUT2D eigenvalue weighted by atomic mass is 9.80. The number of likely N-dealkylation sites (tertiary alicyclic amines) is 1. The van der Waals surface area contributed by atoms with Gasteiger partial charge in [-0.05, 0) is 24.2 Å². The Bertz CT molecular complexity index is 323. The normalized spacial score (nSPS) is 21.8. The molecular formula is C13H24N2O3. The van der Waals surface area contributed by atoms with Crippen LogP contribution in [0.4, 0.5) is 4.79 Å². The van der Waals surface area contributed by atoms with Crippen molar-refractivity contribution >= 4 is 12.0 Å². The predicted molar refractivity (Wildman–Crippen MR) is 69.4 cm³/mol. The molecule has 0 radical (unpaired) electrons. The average Bonchev–Trinajstić information content (AvgIpc) is 2.73. The molecule has 1 aliphatic heterocycles. The molecular weight excluding hydrogens is 232 g/mol. The smallest absolute Gasteiger partial charge is 0.326 e. The zero-order valence-corrected chi connectivity index (χ0v) is 11.7.